The SMILES string of the molecule is COC(=O)c1cc(Br)c(C)c(C)n1. The van der Waals surface area contributed by atoms with E-state index in [2.05, 4.69) is 25.7 Å². The molecule has 0 atom stereocenters. The smallest absolute Gasteiger partial charge is 0.356 e. The minimum absolute atomic E-state index is 0.331. The van der Waals surface area contributed by atoms with Gasteiger partial charge >= 0.3 is 5.97 Å². The molecule has 1 aromatic heterocycles. The maximum absolute atomic E-state index is 11.1. The molecular weight excluding hydrogens is 234 g/mol. The molecule has 0 amide bonds. The second-order valence-electron chi connectivity index (χ2n) is 2.69. The van der Waals surface area contributed by atoms with Gasteiger partial charge in [0.2, 0.25) is 0 Å². The van der Waals surface area contributed by atoms with Crippen LogP contribution in [0.25, 0.3) is 0 Å². The van der Waals surface area contributed by atoms with Crippen LogP contribution in [0.2, 0.25) is 0 Å². The molecule has 0 bridgehead atoms. The molecule has 0 saturated carbocycles. The first-order chi connectivity index (χ1) is 6.06. The van der Waals surface area contributed by atoms with E-state index in [1.807, 2.05) is 13.8 Å². The van der Waals surface area contributed by atoms with Crippen LogP contribution < -0.4 is 0 Å². The van der Waals surface area contributed by atoms with Gasteiger partial charge in [-0.05, 0) is 25.5 Å². The molecule has 70 valence electrons. The van der Waals surface area contributed by atoms with Crippen molar-refractivity contribution in [3.05, 3.63) is 27.5 Å². The second kappa shape index (κ2) is 3.87. The number of hydrogen-bond acceptors (Lipinski definition) is 3. The third-order valence-corrected chi connectivity index (χ3v) is 2.67. The van der Waals surface area contributed by atoms with E-state index >= 15 is 0 Å². The summed E-state index contributed by atoms with van der Waals surface area (Å²) in [7, 11) is 1.34. The maximum atomic E-state index is 11.1. The molecule has 0 aliphatic heterocycles. The van der Waals surface area contributed by atoms with Crippen molar-refractivity contribution in [3.63, 3.8) is 0 Å². The third kappa shape index (κ3) is 2.06. The van der Waals surface area contributed by atoms with Crippen molar-refractivity contribution in [1.82, 2.24) is 4.98 Å². The lowest BCUT2D eigenvalue weighted by Crippen LogP contribution is -2.06. The zero-order valence-electron chi connectivity index (χ0n) is 7.72. The number of halogens is 1. The Morgan fingerprint density at radius 3 is 2.62 bits per heavy atom. The molecule has 0 aliphatic rings. The number of carbonyl (C=O) groups excluding carboxylic acids is 1. The summed E-state index contributed by atoms with van der Waals surface area (Å²) < 4.78 is 5.44. The molecule has 3 nitrogen and oxygen atoms in total. The summed E-state index contributed by atoms with van der Waals surface area (Å²) in [5.74, 6) is -0.413. The molecule has 13 heavy (non-hydrogen) atoms. The van der Waals surface area contributed by atoms with Crippen molar-refractivity contribution >= 4 is 21.9 Å². The Morgan fingerprint density at radius 2 is 2.15 bits per heavy atom. The van der Waals surface area contributed by atoms with Crippen LogP contribution >= 0.6 is 15.9 Å². The zero-order valence-corrected chi connectivity index (χ0v) is 9.31. The van der Waals surface area contributed by atoms with Gasteiger partial charge < -0.3 is 4.74 Å². The minimum Gasteiger partial charge on any atom is -0.464 e. The highest BCUT2D eigenvalue weighted by molar-refractivity contribution is 9.10. The quantitative estimate of drug-likeness (QED) is 0.711. The summed E-state index contributed by atoms with van der Waals surface area (Å²) >= 11 is 3.35. The van der Waals surface area contributed by atoms with E-state index < -0.39 is 5.97 Å². The monoisotopic (exact) mass is 243 g/mol. The summed E-state index contributed by atoms with van der Waals surface area (Å²) in [6.07, 6.45) is 0. The molecule has 1 rings (SSSR count). The van der Waals surface area contributed by atoms with Crippen molar-refractivity contribution in [1.29, 1.82) is 0 Å². The molecule has 0 unspecified atom stereocenters. The van der Waals surface area contributed by atoms with E-state index in [0.29, 0.717) is 5.69 Å². The van der Waals surface area contributed by atoms with Gasteiger partial charge in [-0.25, -0.2) is 9.78 Å². The predicted octanol–water partition coefficient (Wildman–Crippen LogP) is 2.25. The molecule has 0 radical (unpaired) electrons. The standard InChI is InChI=1S/C9H10BrNO2/c1-5-6(2)11-8(4-7(5)10)9(12)13-3/h4H,1-3H3. The number of ether oxygens (including phenoxy) is 1. The number of esters is 1. The number of aromatic nitrogens is 1. The minimum atomic E-state index is -0.413. The summed E-state index contributed by atoms with van der Waals surface area (Å²) in [5.41, 5.74) is 2.19. The van der Waals surface area contributed by atoms with E-state index in [9.17, 15) is 4.79 Å². The number of nitrogens with zero attached hydrogens (tertiary/aromatic N) is 1. The van der Waals surface area contributed by atoms with Crippen molar-refractivity contribution < 1.29 is 9.53 Å². The first-order valence-electron chi connectivity index (χ1n) is 3.78. The third-order valence-electron chi connectivity index (χ3n) is 1.85. The fraction of sp³-hybridized carbons (Fsp3) is 0.333. The number of aryl methyl sites for hydroxylation is 1. The molecule has 0 aromatic carbocycles. The van der Waals surface area contributed by atoms with E-state index in [0.717, 1.165) is 15.7 Å². The van der Waals surface area contributed by atoms with E-state index in [1.54, 1.807) is 6.07 Å². The molecule has 0 N–H and O–H groups in total. The normalized spacial score (nSPS) is 9.85. The van der Waals surface area contributed by atoms with Crippen LogP contribution in [0.3, 0.4) is 0 Å². The highest BCUT2D eigenvalue weighted by Crippen LogP contribution is 2.19. The average Bonchev–Trinajstić information content (AvgIpc) is 2.12. The van der Waals surface area contributed by atoms with Crippen LogP contribution in [-0.4, -0.2) is 18.1 Å². The van der Waals surface area contributed by atoms with Gasteiger partial charge in [0.05, 0.1) is 7.11 Å². The largest absolute Gasteiger partial charge is 0.464 e. The molecule has 1 aromatic rings. The molecule has 0 saturated heterocycles. The van der Waals surface area contributed by atoms with Crippen molar-refractivity contribution in [2.24, 2.45) is 0 Å². The van der Waals surface area contributed by atoms with E-state index in [-0.39, 0.29) is 0 Å². The molecule has 4 heteroatoms. The molecule has 0 spiro atoms. The Kier molecular flexibility index (Phi) is 3.03. The van der Waals surface area contributed by atoms with Crippen LogP contribution in [0.1, 0.15) is 21.7 Å². The van der Waals surface area contributed by atoms with Crippen molar-refractivity contribution in [2.75, 3.05) is 7.11 Å². The Hall–Kier alpha value is -0.900. The van der Waals surface area contributed by atoms with Gasteiger partial charge in [-0.3, -0.25) is 0 Å². The molecular formula is C9H10BrNO2. The molecule has 0 fully saturated rings. The van der Waals surface area contributed by atoms with Gasteiger partial charge in [0.25, 0.3) is 0 Å². The highest BCUT2D eigenvalue weighted by Gasteiger charge is 2.10. The summed E-state index contributed by atoms with van der Waals surface area (Å²) in [6.45, 7) is 3.79. The Labute approximate surface area is 85.3 Å². The molecule has 0 aliphatic carbocycles. The lowest BCUT2D eigenvalue weighted by molar-refractivity contribution is 0.0593. The Bertz CT molecular complexity index is 326. The number of methoxy groups -OCH3 is 1. The number of pyridine rings is 1. The van der Waals surface area contributed by atoms with Crippen LogP contribution in [0, 0.1) is 13.8 Å². The summed E-state index contributed by atoms with van der Waals surface area (Å²) in [5, 5.41) is 0. The van der Waals surface area contributed by atoms with Crippen LogP contribution in [-0.2, 0) is 4.74 Å². The van der Waals surface area contributed by atoms with Crippen molar-refractivity contribution in [3.8, 4) is 0 Å². The van der Waals surface area contributed by atoms with Crippen molar-refractivity contribution in [2.45, 2.75) is 13.8 Å². The van der Waals surface area contributed by atoms with E-state index in [4.69, 9.17) is 0 Å². The van der Waals surface area contributed by atoms with Gasteiger partial charge in [0.1, 0.15) is 5.69 Å². The van der Waals surface area contributed by atoms with E-state index in [1.165, 1.54) is 7.11 Å². The lowest BCUT2D eigenvalue weighted by Gasteiger charge is -2.04. The fourth-order valence-corrected chi connectivity index (χ4v) is 1.41. The van der Waals surface area contributed by atoms with Crippen LogP contribution in [0.15, 0.2) is 10.5 Å². The number of carbonyl (C=O) groups is 1. The van der Waals surface area contributed by atoms with Crippen LogP contribution in [0.4, 0.5) is 0 Å². The first kappa shape index (κ1) is 10.2. The van der Waals surface area contributed by atoms with Gasteiger partial charge in [-0.2, -0.15) is 0 Å². The number of rotatable bonds is 1. The first-order valence-corrected chi connectivity index (χ1v) is 4.57. The Balaban J connectivity index is 3.20. The summed E-state index contributed by atoms with van der Waals surface area (Å²) in [6, 6.07) is 1.66. The lowest BCUT2D eigenvalue weighted by atomic mass is 10.2. The maximum Gasteiger partial charge on any atom is 0.356 e. The zero-order chi connectivity index (χ0) is 10.0. The van der Waals surface area contributed by atoms with Gasteiger partial charge in [-0.15, -0.1) is 0 Å². The molecule has 1 heterocycles. The van der Waals surface area contributed by atoms with Gasteiger partial charge in [0, 0.05) is 10.2 Å². The van der Waals surface area contributed by atoms with Crippen LogP contribution in [0.5, 0.6) is 0 Å². The topological polar surface area (TPSA) is 39.2 Å². The van der Waals surface area contributed by atoms with Gasteiger partial charge in [0.15, 0.2) is 0 Å². The Morgan fingerprint density at radius 1 is 1.54 bits per heavy atom. The average molecular weight is 244 g/mol. The second-order valence-corrected chi connectivity index (χ2v) is 3.55. The fourth-order valence-electron chi connectivity index (χ4n) is 0.907. The number of hydrogen-bond donors (Lipinski definition) is 0. The predicted molar refractivity (Wildman–Crippen MR) is 52.8 cm³/mol. The highest BCUT2D eigenvalue weighted by atomic mass is 79.9. The summed E-state index contributed by atoms with van der Waals surface area (Å²) in [4.78, 5) is 15.2. The van der Waals surface area contributed by atoms with Gasteiger partial charge in [-0.1, -0.05) is 15.9 Å².